The molecule has 0 fully saturated rings. The average molecular weight is 572 g/mol. The van der Waals surface area contributed by atoms with Crippen LogP contribution in [0.15, 0.2) is 48.5 Å². The van der Waals surface area contributed by atoms with Crippen molar-refractivity contribution in [3.63, 3.8) is 0 Å². The van der Waals surface area contributed by atoms with Crippen molar-refractivity contribution in [3.8, 4) is 0 Å². The van der Waals surface area contributed by atoms with Crippen molar-refractivity contribution < 1.29 is 24.6 Å². The van der Waals surface area contributed by atoms with Gasteiger partial charge in [0.25, 0.3) is 11.8 Å². The standard InChI is InChI=1S/C31H45N3O5S/c1-6-14-34(15-7-2)31(39)25-18-21(3)17-24(20-25)30(38)33-27(19-23-11-9-8-10-12-23)29(37)28(36)26(13-16-40-5)32-22(4)35/h8-12,17-18,20,26-29,36-37H,6-7,13-16,19H2,1-5H3,(H,32,35)(H,33,38)/t26-,27+,28-,29-/m1/s1. The van der Waals surface area contributed by atoms with E-state index in [1.165, 1.54) is 6.92 Å². The molecule has 3 amide bonds. The third-order valence-corrected chi connectivity index (χ3v) is 7.32. The van der Waals surface area contributed by atoms with Crippen LogP contribution in [-0.4, -0.2) is 82.2 Å². The highest BCUT2D eigenvalue weighted by Crippen LogP contribution is 2.17. The highest BCUT2D eigenvalue weighted by Gasteiger charge is 2.34. The molecule has 0 heterocycles. The Bertz CT molecular complexity index is 1090. The number of nitrogens with zero attached hydrogens (tertiary/aromatic N) is 1. The summed E-state index contributed by atoms with van der Waals surface area (Å²) in [7, 11) is 0. The first kappa shape index (κ1) is 33.3. The Morgan fingerprint density at radius 1 is 0.900 bits per heavy atom. The van der Waals surface area contributed by atoms with Crippen molar-refractivity contribution in [1.29, 1.82) is 0 Å². The Balaban J connectivity index is 2.36. The minimum absolute atomic E-state index is 0.121. The molecule has 2 aromatic rings. The molecule has 0 saturated carbocycles. The second-order valence-electron chi connectivity index (χ2n) is 10.2. The number of thioether (sulfide) groups is 1. The van der Waals surface area contributed by atoms with E-state index in [4.69, 9.17) is 0 Å². The number of aryl methyl sites for hydroxylation is 1. The quantitative estimate of drug-likeness (QED) is 0.245. The van der Waals surface area contributed by atoms with E-state index in [2.05, 4.69) is 10.6 Å². The molecule has 0 aromatic heterocycles. The molecule has 4 N–H and O–H groups in total. The molecular formula is C31H45N3O5S. The number of benzene rings is 2. The smallest absolute Gasteiger partial charge is 0.253 e. The van der Waals surface area contributed by atoms with E-state index in [-0.39, 0.29) is 18.2 Å². The zero-order valence-electron chi connectivity index (χ0n) is 24.4. The van der Waals surface area contributed by atoms with Gasteiger partial charge in [-0.25, -0.2) is 0 Å². The minimum Gasteiger partial charge on any atom is -0.388 e. The minimum atomic E-state index is -1.36. The van der Waals surface area contributed by atoms with Gasteiger partial charge in [0.1, 0.15) is 12.2 Å². The molecule has 0 radical (unpaired) electrons. The lowest BCUT2D eigenvalue weighted by molar-refractivity contribution is -0.121. The molecule has 2 aromatic carbocycles. The third kappa shape index (κ3) is 10.3. The Labute approximate surface area is 242 Å². The SMILES string of the molecule is CCCN(CCC)C(=O)c1cc(C)cc(C(=O)N[C@@H](Cc2ccccc2)[C@@H](O)[C@H](O)[C@@H](CCSC)NC(C)=O)c1. The fraction of sp³-hybridized carbons (Fsp3) is 0.516. The Morgan fingerprint density at radius 3 is 2.08 bits per heavy atom. The maximum absolute atomic E-state index is 13.5. The van der Waals surface area contributed by atoms with E-state index < -0.39 is 30.2 Å². The molecule has 0 bridgehead atoms. The molecule has 0 aliphatic rings. The van der Waals surface area contributed by atoms with Gasteiger partial charge < -0.3 is 25.7 Å². The van der Waals surface area contributed by atoms with E-state index in [1.807, 2.05) is 57.4 Å². The molecule has 0 aliphatic carbocycles. The summed E-state index contributed by atoms with van der Waals surface area (Å²) in [6, 6.07) is 12.9. The monoisotopic (exact) mass is 571 g/mol. The van der Waals surface area contributed by atoms with Crippen molar-refractivity contribution in [3.05, 3.63) is 70.8 Å². The predicted octanol–water partition coefficient (Wildman–Crippen LogP) is 3.58. The predicted molar refractivity (Wildman–Crippen MR) is 162 cm³/mol. The molecule has 220 valence electrons. The van der Waals surface area contributed by atoms with Gasteiger partial charge >= 0.3 is 0 Å². The van der Waals surface area contributed by atoms with Gasteiger partial charge in [0.05, 0.1) is 12.1 Å². The van der Waals surface area contributed by atoms with E-state index in [1.54, 1.807) is 34.9 Å². The zero-order valence-corrected chi connectivity index (χ0v) is 25.2. The number of carbonyl (C=O) groups is 3. The van der Waals surface area contributed by atoms with Gasteiger partial charge in [-0.3, -0.25) is 14.4 Å². The van der Waals surface area contributed by atoms with Gasteiger partial charge in [-0.15, -0.1) is 0 Å². The number of carbonyl (C=O) groups excluding carboxylic acids is 3. The number of aliphatic hydroxyl groups is 2. The topological polar surface area (TPSA) is 119 Å². The first-order chi connectivity index (χ1) is 19.1. The van der Waals surface area contributed by atoms with Gasteiger partial charge in [0.2, 0.25) is 5.91 Å². The molecular weight excluding hydrogens is 526 g/mol. The average Bonchev–Trinajstić information content (AvgIpc) is 2.93. The fourth-order valence-corrected chi connectivity index (χ4v) is 5.25. The van der Waals surface area contributed by atoms with E-state index >= 15 is 0 Å². The molecule has 4 atom stereocenters. The Hall–Kier alpha value is -2.88. The van der Waals surface area contributed by atoms with Crippen LogP contribution in [0.2, 0.25) is 0 Å². The zero-order chi connectivity index (χ0) is 29.7. The number of aliphatic hydroxyl groups excluding tert-OH is 2. The normalized spacial score (nSPS) is 14.1. The Morgan fingerprint density at radius 2 is 1.50 bits per heavy atom. The van der Waals surface area contributed by atoms with E-state index in [9.17, 15) is 24.6 Å². The molecule has 8 nitrogen and oxygen atoms in total. The van der Waals surface area contributed by atoms with Crippen LogP contribution in [0.1, 0.15) is 71.9 Å². The first-order valence-corrected chi connectivity index (χ1v) is 15.4. The van der Waals surface area contributed by atoms with Crippen LogP contribution >= 0.6 is 11.8 Å². The van der Waals surface area contributed by atoms with Crippen molar-refractivity contribution in [2.45, 2.75) is 77.7 Å². The van der Waals surface area contributed by atoms with E-state index in [0.29, 0.717) is 36.4 Å². The largest absolute Gasteiger partial charge is 0.388 e. The number of hydrogen-bond donors (Lipinski definition) is 4. The Kier molecular flexibility index (Phi) is 14.2. The van der Waals surface area contributed by atoms with E-state index in [0.717, 1.165) is 24.0 Å². The number of hydrogen-bond acceptors (Lipinski definition) is 6. The second-order valence-corrected chi connectivity index (χ2v) is 11.2. The van der Waals surface area contributed by atoms with Crippen LogP contribution in [0, 0.1) is 6.92 Å². The van der Waals surface area contributed by atoms with Gasteiger partial charge in [-0.1, -0.05) is 44.2 Å². The number of nitrogens with one attached hydrogen (secondary N) is 2. The van der Waals surface area contributed by atoms with Crippen molar-refractivity contribution in [1.82, 2.24) is 15.5 Å². The summed E-state index contributed by atoms with van der Waals surface area (Å²) in [4.78, 5) is 40.4. The summed E-state index contributed by atoms with van der Waals surface area (Å²) >= 11 is 1.57. The molecule has 0 spiro atoms. The van der Waals surface area contributed by atoms with Gasteiger partial charge in [-0.05, 0) is 73.9 Å². The van der Waals surface area contributed by atoms with Crippen LogP contribution in [0.25, 0.3) is 0 Å². The lowest BCUT2D eigenvalue weighted by Crippen LogP contribution is -2.56. The van der Waals surface area contributed by atoms with Crippen molar-refractivity contribution in [2.24, 2.45) is 0 Å². The maximum atomic E-state index is 13.5. The van der Waals surface area contributed by atoms with Crippen LogP contribution in [-0.2, 0) is 11.2 Å². The maximum Gasteiger partial charge on any atom is 0.253 e. The van der Waals surface area contributed by atoms with Crippen LogP contribution in [0.5, 0.6) is 0 Å². The summed E-state index contributed by atoms with van der Waals surface area (Å²) in [6.45, 7) is 8.52. The molecule has 0 saturated heterocycles. The summed E-state index contributed by atoms with van der Waals surface area (Å²) in [5.74, 6) is -0.206. The van der Waals surface area contributed by atoms with Crippen LogP contribution in [0.3, 0.4) is 0 Å². The second kappa shape index (κ2) is 17.0. The fourth-order valence-electron chi connectivity index (χ4n) is 4.76. The summed E-state index contributed by atoms with van der Waals surface area (Å²) < 4.78 is 0. The number of amides is 3. The molecule has 9 heteroatoms. The first-order valence-electron chi connectivity index (χ1n) is 14.0. The molecule has 0 aliphatic heterocycles. The van der Waals surface area contributed by atoms with Crippen LogP contribution < -0.4 is 10.6 Å². The molecule has 0 unspecified atom stereocenters. The van der Waals surface area contributed by atoms with Gasteiger partial charge in [-0.2, -0.15) is 11.8 Å². The molecule has 40 heavy (non-hydrogen) atoms. The highest BCUT2D eigenvalue weighted by atomic mass is 32.2. The summed E-state index contributed by atoms with van der Waals surface area (Å²) in [6.07, 6.45) is 1.65. The summed E-state index contributed by atoms with van der Waals surface area (Å²) in [5, 5.41) is 28.1. The third-order valence-electron chi connectivity index (χ3n) is 6.67. The number of rotatable bonds is 16. The lowest BCUT2D eigenvalue weighted by atomic mass is 9.92. The summed E-state index contributed by atoms with van der Waals surface area (Å²) in [5.41, 5.74) is 2.38. The van der Waals surface area contributed by atoms with Crippen LogP contribution in [0.4, 0.5) is 0 Å². The lowest BCUT2D eigenvalue weighted by Gasteiger charge is -2.33. The van der Waals surface area contributed by atoms with Crippen molar-refractivity contribution >= 4 is 29.5 Å². The van der Waals surface area contributed by atoms with Gasteiger partial charge in [0, 0.05) is 31.1 Å². The van der Waals surface area contributed by atoms with Gasteiger partial charge in [0.15, 0.2) is 0 Å². The highest BCUT2D eigenvalue weighted by molar-refractivity contribution is 7.98. The van der Waals surface area contributed by atoms with Crippen molar-refractivity contribution in [2.75, 3.05) is 25.1 Å². The molecule has 2 rings (SSSR count).